The molecule has 0 spiro atoms. The van der Waals surface area contributed by atoms with Crippen LogP contribution in [0.5, 0.6) is 11.5 Å². The van der Waals surface area contributed by atoms with Crippen LogP contribution in [0.2, 0.25) is 0 Å². The summed E-state index contributed by atoms with van der Waals surface area (Å²) >= 11 is 0. The van der Waals surface area contributed by atoms with Crippen molar-refractivity contribution in [3.63, 3.8) is 0 Å². The Morgan fingerprint density at radius 1 is 1.50 bits per heavy atom. The van der Waals surface area contributed by atoms with E-state index in [-0.39, 0.29) is 29.5 Å². The number of methoxy groups -OCH3 is 1. The number of amides is 1. The van der Waals surface area contributed by atoms with E-state index < -0.39 is 0 Å². The van der Waals surface area contributed by atoms with Crippen molar-refractivity contribution in [2.75, 3.05) is 20.2 Å². The Bertz CT molecular complexity index is 502. The number of ether oxygens (including phenoxy) is 1. The molecule has 0 atom stereocenters. The molecule has 7 nitrogen and oxygen atoms in total. The number of amidine groups is 1. The molecule has 0 heterocycles. The van der Waals surface area contributed by atoms with Crippen molar-refractivity contribution in [1.29, 1.82) is 0 Å². The van der Waals surface area contributed by atoms with Crippen LogP contribution in [0.3, 0.4) is 0 Å². The maximum absolute atomic E-state index is 12.3. The van der Waals surface area contributed by atoms with Crippen LogP contribution >= 0.6 is 0 Å². The lowest BCUT2D eigenvalue weighted by Gasteiger charge is -2.21. The van der Waals surface area contributed by atoms with Gasteiger partial charge in [-0.05, 0) is 25.1 Å². The normalized spacial score (nSPS) is 11.2. The van der Waals surface area contributed by atoms with E-state index >= 15 is 0 Å². The molecule has 0 unspecified atom stereocenters. The van der Waals surface area contributed by atoms with Gasteiger partial charge in [0.2, 0.25) is 0 Å². The number of hydrogen-bond donors (Lipinski definition) is 3. The molecule has 1 aromatic rings. The Kier molecular flexibility index (Phi) is 5.64. The molecule has 0 bridgehead atoms. The Morgan fingerprint density at radius 2 is 2.20 bits per heavy atom. The zero-order valence-corrected chi connectivity index (χ0v) is 11.5. The molecule has 20 heavy (non-hydrogen) atoms. The number of nitrogens with zero attached hydrogens (tertiary/aromatic N) is 2. The lowest BCUT2D eigenvalue weighted by Crippen LogP contribution is -2.34. The number of oxime groups is 1. The van der Waals surface area contributed by atoms with E-state index in [2.05, 4.69) is 5.16 Å². The number of aromatic hydroxyl groups is 1. The molecular weight excluding hydrogens is 262 g/mol. The number of benzene rings is 1. The monoisotopic (exact) mass is 281 g/mol. The van der Waals surface area contributed by atoms with E-state index in [1.165, 1.54) is 24.1 Å². The topological polar surface area (TPSA) is 108 Å². The van der Waals surface area contributed by atoms with Crippen molar-refractivity contribution < 1.29 is 19.8 Å². The fourth-order valence-electron chi connectivity index (χ4n) is 1.69. The molecule has 0 aliphatic carbocycles. The van der Waals surface area contributed by atoms with E-state index in [0.717, 1.165) is 0 Å². The molecule has 110 valence electrons. The van der Waals surface area contributed by atoms with Gasteiger partial charge in [-0.3, -0.25) is 4.79 Å². The van der Waals surface area contributed by atoms with E-state index in [9.17, 15) is 9.90 Å². The minimum absolute atomic E-state index is 0.0473. The van der Waals surface area contributed by atoms with Crippen molar-refractivity contribution in [2.24, 2.45) is 10.9 Å². The van der Waals surface area contributed by atoms with Crippen LogP contribution in [0.1, 0.15) is 23.7 Å². The van der Waals surface area contributed by atoms with Gasteiger partial charge in [-0.25, -0.2) is 0 Å². The predicted molar refractivity (Wildman–Crippen MR) is 74.3 cm³/mol. The van der Waals surface area contributed by atoms with E-state index in [0.29, 0.717) is 18.8 Å². The van der Waals surface area contributed by atoms with Gasteiger partial charge in [-0.15, -0.1) is 0 Å². The summed E-state index contributed by atoms with van der Waals surface area (Å²) in [6.07, 6.45) is 0.251. The summed E-state index contributed by atoms with van der Waals surface area (Å²) in [7, 11) is 1.48. The first-order chi connectivity index (χ1) is 9.53. The highest BCUT2D eigenvalue weighted by Crippen LogP contribution is 2.24. The van der Waals surface area contributed by atoms with Gasteiger partial charge < -0.3 is 25.7 Å². The zero-order valence-electron chi connectivity index (χ0n) is 11.5. The summed E-state index contributed by atoms with van der Waals surface area (Å²) < 4.78 is 5.03. The van der Waals surface area contributed by atoms with E-state index in [1.54, 1.807) is 13.0 Å². The summed E-state index contributed by atoms with van der Waals surface area (Å²) in [4.78, 5) is 13.8. The Hall–Kier alpha value is -2.44. The third kappa shape index (κ3) is 3.78. The summed E-state index contributed by atoms with van der Waals surface area (Å²) in [5.74, 6) is 0.0810. The van der Waals surface area contributed by atoms with Gasteiger partial charge in [0.05, 0.1) is 12.7 Å². The molecule has 0 fully saturated rings. The van der Waals surface area contributed by atoms with Crippen molar-refractivity contribution in [3.05, 3.63) is 23.8 Å². The highest BCUT2D eigenvalue weighted by atomic mass is 16.5. The number of hydrogen-bond acceptors (Lipinski definition) is 5. The van der Waals surface area contributed by atoms with Gasteiger partial charge in [-0.2, -0.15) is 0 Å². The smallest absolute Gasteiger partial charge is 0.257 e. The second-order valence-electron chi connectivity index (χ2n) is 4.11. The van der Waals surface area contributed by atoms with Crippen LogP contribution < -0.4 is 10.5 Å². The minimum Gasteiger partial charge on any atom is -0.507 e. The fourth-order valence-corrected chi connectivity index (χ4v) is 1.69. The lowest BCUT2D eigenvalue weighted by atomic mass is 10.1. The Morgan fingerprint density at radius 3 is 2.75 bits per heavy atom. The van der Waals surface area contributed by atoms with E-state index in [4.69, 9.17) is 15.7 Å². The minimum atomic E-state index is -0.338. The van der Waals surface area contributed by atoms with Gasteiger partial charge in [0, 0.05) is 19.5 Å². The van der Waals surface area contributed by atoms with Crippen LogP contribution in [0, 0.1) is 0 Å². The number of nitrogens with two attached hydrogens (primary N) is 1. The van der Waals surface area contributed by atoms with Gasteiger partial charge in [-0.1, -0.05) is 5.16 Å². The van der Waals surface area contributed by atoms with Crippen molar-refractivity contribution in [3.8, 4) is 11.5 Å². The first kappa shape index (κ1) is 15.6. The first-order valence-corrected chi connectivity index (χ1v) is 6.16. The SMILES string of the molecule is CCN(CCC(N)=NO)C(=O)c1cc(OC)ccc1O. The molecule has 0 saturated carbocycles. The number of rotatable bonds is 6. The van der Waals surface area contributed by atoms with Crippen LogP contribution in [-0.2, 0) is 0 Å². The first-order valence-electron chi connectivity index (χ1n) is 6.16. The molecule has 7 heteroatoms. The van der Waals surface area contributed by atoms with Gasteiger partial charge in [0.1, 0.15) is 17.3 Å². The van der Waals surface area contributed by atoms with Crippen molar-refractivity contribution in [2.45, 2.75) is 13.3 Å². The summed E-state index contributed by atoms with van der Waals surface area (Å²) in [5, 5.41) is 21.1. The average Bonchev–Trinajstić information content (AvgIpc) is 2.47. The summed E-state index contributed by atoms with van der Waals surface area (Å²) in [6, 6.07) is 4.45. The molecule has 0 aliphatic heterocycles. The quantitative estimate of drug-likeness (QED) is 0.312. The third-order valence-electron chi connectivity index (χ3n) is 2.87. The fraction of sp³-hybridized carbons (Fsp3) is 0.385. The Labute approximate surface area is 117 Å². The van der Waals surface area contributed by atoms with E-state index in [1.807, 2.05) is 0 Å². The zero-order chi connectivity index (χ0) is 15.1. The third-order valence-corrected chi connectivity index (χ3v) is 2.87. The number of phenols is 1. The second kappa shape index (κ2) is 7.22. The molecule has 0 radical (unpaired) electrons. The van der Waals surface area contributed by atoms with Crippen molar-refractivity contribution in [1.82, 2.24) is 4.90 Å². The molecule has 0 aliphatic rings. The van der Waals surface area contributed by atoms with Crippen LogP contribution in [0.4, 0.5) is 0 Å². The predicted octanol–water partition coefficient (Wildman–Crippen LogP) is 0.999. The average molecular weight is 281 g/mol. The molecule has 1 aromatic carbocycles. The lowest BCUT2D eigenvalue weighted by molar-refractivity contribution is 0.0765. The van der Waals surface area contributed by atoms with Crippen LogP contribution in [-0.4, -0.2) is 47.2 Å². The molecule has 0 aromatic heterocycles. The summed E-state index contributed by atoms with van der Waals surface area (Å²) in [5.41, 5.74) is 5.54. The molecule has 1 rings (SSSR count). The largest absolute Gasteiger partial charge is 0.507 e. The van der Waals surface area contributed by atoms with Crippen LogP contribution in [0.15, 0.2) is 23.4 Å². The standard InChI is InChI=1S/C13H19N3O4/c1-3-16(7-6-12(14)15-19)13(18)10-8-9(20-2)4-5-11(10)17/h4-5,8,17,19H,3,6-7H2,1-2H3,(H2,14,15). The Balaban J connectivity index is 2.90. The van der Waals surface area contributed by atoms with Gasteiger partial charge in [0.15, 0.2) is 0 Å². The second-order valence-corrected chi connectivity index (χ2v) is 4.11. The molecule has 0 saturated heterocycles. The maximum Gasteiger partial charge on any atom is 0.257 e. The number of carbonyl (C=O) groups is 1. The molecule has 4 N–H and O–H groups in total. The molecule has 1 amide bonds. The van der Waals surface area contributed by atoms with Crippen molar-refractivity contribution >= 4 is 11.7 Å². The number of phenolic OH excluding ortho intramolecular Hbond substituents is 1. The maximum atomic E-state index is 12.3. The van der Waals surface area contributed by atoms with Gasteiger partial charge in [0.25, 0.3) is 5.91 Å². The van der Waals surface area contributed by atoms with Gasteiger partial charge >= 0.3 is 0 Å². The number of carbonyl (C=O) groups excluding carboxylic acids is 1. The highest BCUT2D eigenvalue weighted by molar-refractivity contribution is 5.97. The van der Waals surface area contributed by atoms with Crippen LogP contribution in [0.25, 0.3) is 0 Å². The summed E-state index contributed by atoms with van der Waals surface area (Å²) in [6.45, 7) is 2.54. The highest BCUT2D eigenvalue weighted by Gasteiger charge is 2.18. The molecular formula is C13H19N3O4.